The summed E-state index contributed by atoms with van der Waals surface area (Å²) in [7, 11) is 0. The smallest absolute Gasteiger partial charge is 0.202 e. The van der Waals surface area contributed by atoms with E-state index in [1.807, 2.05) is 4.57 Å². The van der Waals surface area contributed by atoms with E-state index >= 15 is 0 Å². The Labute approximate surface area is 113 Å². The zero-order chi connectivity index (χ0) is 12.7. The van der Waals surface area contributed by atoms with Crippen LogP contribution in [0.1, 0.15) is 11.1 Å². The average molecular weight is 279 g/mol. The number of hydrogen-bond donors (Lipinski definition) is 1. The quantitative estimate of drug-likeness (QED) is 0.784. The highest BCUT2D eigenvalue weighted by Gasteiger charge is 2.11. The minimum Gasteiger partial charge on any atom is -0.369 e. The van der Waals surface area contributed by atoms with Crippen LogP contribution in [-0.4, -0.2) is 14.5 Å². The Bertz CT molecular complexity index is 716. The number of nitrogen functional groups attached to an aromatic ring is 1. The number of nitrogens with two attached hydrogens (primary N) is 1. The Morgan fingerprint density at radius 1 is 1.44 bits per heavy atom. The molecule has 0 saturated carbocycles. The number of rotatable bonds is 2. The van der Waals surface area contributed by atoms with E-state index in [4.69, 9.17) is 17.3 Å². The van der Waals surface area contributed by atoms with Crippen LogP contribution in [0.25, 0.3) is 11.2 Å². The highest BCUT2D eigenvalue weighted by atomic mass is 35.5. The molecule has 0 fully saturated rings. The first-order valence-corrected chi connectivity index (χ1v) is 6.76. The van der Waals surface area contributed by atoms with Gasteiger partial charge in [-0.05, 0) is 34.9 Å². The maximum atomic E-state index is 5.94. The molecule has 92 valence electrons. The van der Waals surface area contributed by atoms with E-state index in [2.05, 4.69) is 27.7 Å². The van der Waals surface area contributed by atoms with Gasteiger partial charge in [-0.3, -0.25) is 4.57 Å². The van der Waals surface area contributed by atoms with Crippen LogP contribution >= 0.6 is 22.9 Å². The molecule has 0 saturated heterocycles. The third-order valence-electron chi connectivity index (χ3n) is 2.87. The van der Waals surface area contributed by atoms with Gasteiger partial charge in [0, 0.05) is 6.20 Å². The molecule has 3 aromatic heterocycles. The molecule has 18 heavy (non-hydrogen) atoms. The fourth-order valence-corrected chi connectivity index (χ4v) is 2.88. The molecule has 2 N–H and O–H groups in total. The Morgan fingerprint density at radius 2 is 2.28 bits per heavy atom. The van der Waals surface area contributed by atoms with Crippen molar-refractivity contribution in [1.29, 1.82) is 0 Å². The van der Waals surface area contributed by atoms with Crippen LogP contribution < -0.4 is 5.73 Å². The van der Waals surface area contributed by atoms with Crippen LogP contribution in [0, 0.1) is 6.92 Å². The van der Waals surface area contributed by atoms with E-state index in [-0.39, 0.29) is 0 Å². The topological polar surface area (TPSA) is 56.7 Å². The number of aryl methyl sites for hydroxylation is 1. The van der Waals surface area contributed by atoms with Gasteiger partial charge in [-0.15, -0.1) is 0 Å². The maximum Gasteiger partial charge on any atom is 0.202 e. The molecule has 0 aliphatic heterocycles. The molecule has 0 bridgehead atoms. The minimum absolute atomic E-state index is 0.463. The first-order valence-electron chi connectivity index (χ1n) is 5.44. The average Bonchev–Trinajstić information content (AvgIpc) is 2.85. The normalized spacial score (nSPS) is 11.2. The summed E-state index contributed by atoms with van der Waals surface area (Å²) in [5.41, 5.74) is 9.94. The number of hydrogen-bond acceptors (Lipinski definition) is 4. The molecule has 0 aliphatic carbocycles. The summed E-state index contributed by atoms with van der Waals surface area (Å²) in [4.78, 5) is 8.58. The van der Waals surface area contributed by atoms with Gasteiger partial charge in [0.2, 0.25) is 5.95 Å². The van der Waals surface area contributed by atoms with Gasteiger partial charge in [-0.1, -0.05) is 11.6 Å². The predicted octanol–water partition coefficient (Wildman–Crippen LogP) is 3.09. The van der Waals surface area contributed by atoms with Crippen LogP contribution in [-0.2, 0) is 6.54 Å². The van der Waals surface area contributed by atoms with Crippen molar-refractivity contribution >= 4 is 40.0 Å². The number of imidazole rings is 1. The van der Waals surface area contributed by atoms with Crippen LogP contribution in [0.5, 0.6) is 0 Å². The van der Waals surface area contributed by atoms with E-state index in [9.17, 15) is 0 Å². The fraction of sp³-hybridized carbons (Fsp3) is 0.167. The standard InChI is InChI=1S/C12H11ClN4S/c1-7-5-18-6-8(7)4-17-11-10(16-12(17)14)2-9(13)3-15-11/h2-3,5-6H,4H2,1H3,(H2,14,16). The zero-order valence-corrected chi connectivity index (χ0v) is 11.3. The summed E-state index contributed by atoms with van der Waals surface area (Å²) in [5, 5.41) is 4.81. The first-order chi connectivity index (χ1) is 8.65. The lowest BCUT2D eigenvalue weighted by atomic mass is 10.2. The molecule has 0 radical (unpaired) electrons. The number of thiophene rings is 1. The Kier molecular flexibility index (Phi) is 2.72. The molecular formula is C12H11ClN4S. The summed E-state index contributed by atoms with van der Waals surface area (Å²) in [6, 6.07) is 1.78. The summed E-state index contributed by atoms with van der Waals surface area (Å²) < 4.78 is 1.90. The van der Waals surface area contributed by atoms with Gasteiger partial charge in [0.25, 0.3) is 0 Å². The van der Waals surface area contributed by atoms with E-state index in [0.717, 1.165) is 11.2 Å². The van der Waals surface area contributed by atoms with E-state index < -0.39 is 0 Å². The summed E-state index contributed by atoms with van der Waals surface area (Å²) in [5.74, 6) is 0.463. The monoisotopic (exact) mass is 278 g/mol. The zero-order valence-electron chi connectivity index (χ0n) is 9.72. The maximum absolute atomic E-state index is 5.94. The van der Waals surface area contributed by atoms with Gasteiger partial charge in [-0.25, -0.2) is 9.97 Å². The Hall–Kier alpha value is -1.59. The lowest BCUT2D eigenvalue weighted by Crippen LogP contribution is -2.05. The number of aromatic nitrogens is 3. The van der Waals surface area contributed by atoms with Crippen LogP contribution in [0.15, 0.2) is 23.0 Å². The van der Waals surface area contributed by atoms with Crippen LogP contribution in [0.3, 0.4) is 0 Å². The summed E-state index contributed by atoms with van der Waals surface area (Å²) >= 11 is 7.58. The van der Waals surface area contributed by atoms with Crippen molar-refractivity contribution in [1.82, 2.24) is 14.5 Å². The third kappa shape index (κ3) is 1.85. The van der Waals surface area contributed by atoms with Crippen molar-refractivity contribution < 1.29 is 0 Å². The number of halogens is 1. The van der Waals surface area contributed by atoms with E-state index in [0.29, 0.717) is 17.5 Å². The highest BCUT2D eigenvalue weighted by molar-refractivity contribution is 7.08. The molecule has 4 nitrogen and oxygen atoms in total. The third-order valence-corrected chi connectivity index (χ3v) is 3.99. The van der Waals surface area contributed by atoms with Crippen LogP contribution in [0.2, 0.25) is 5.02 Å². The fourth-order valence-electron chi connectivity index (χ4n) is 1.88. The minimum atomic E-state index is 0.463. The number of fused-ring (bicyclic) bond motifs is 1. The van der Waals surface area contributed by atoms with Gasteiger partial charge >= 0.3 is 0 Å². The molecule has 0 amide bonds. The largest absolute Gasteiger partial charge is 0.369 e. The van der Waals surface area contributed by atoms with Crippen LogP contribution in [0.4, 0.5) is 5.95 Å². The second kappa shape index (κ2) is 4.26. The van der Waals surface area contributed by atoms with Crippen molar-refractivity contribution in [2.45, 2.75) is 13.5 Å². The molecule has 0 unspecified atom stereocenters. The molecule has 0 atom stereocenters. The van der Waals surface area contributed by atoms with Crippen molar-refractivity contribution in [2.75, 3.05) is 5.73 Å². The van der Waals surface area contributed by atoms with Crippen molar-refractivity contribution in [3.63, 3.8) is 0 Å². The van der Waals surface area contributed by atoms with Gasteiger partial charge in [-0.2, -0.15) is 11.3 Å². The highest BCUT2D eigenvalue weighted by Crippen LogP contribution is 2.22. The predicted molar refractivity (Wildman–Crippen MR) is 75.1 cm³/mol. The second-order valence-corrected chi connectivity index (χ2v) is 5.31. The van der Waals surface area contributed by atoms with Crippen molar-refractivity contribution in [3.8, 4) is 0 Å². The van der Waals surface area contributed by atoms with Gasteiger partial charge in [0.05, 0.1) is 11.6 Å². The van der Waals surface area contributed by atoms with E-state index in [1.54, 1.807) is 23.6 Å². The Balaban J connectivity index is 2.11. The molecule has 0 aromatic carbocycles. The van der Waals surface area contributed by atoms with Gasteiger partial charge < -0.3 is 5.73 Å². The van der Waals surface area contributed by atoms with E-state index in [1.165, 1.54) is 11.1 Å². The molecule has 3 heterocycles. The number of anilines is 1. The first kappa shape index (κ1) is 11.5. The number of pyridine rings is 1. The lowest BCUT2D eigenvalue weighted by molar-refractivity contribution is 0.826. The molecule has 0 spiro atoms. The second-order valence-electron chi connectivity index (χ2n) is 4.13. The lowest BCUT2D eigenvalue weighted by Gasteiger charge is -2.05. The summed E-state index contributed by atoms with van der Waals surface area (Å²) in [6.07, 6.45) is 1.61. The van der Waals surface area contributed by atoms with Crippen molar-refractivity contribution in [3.05, 3.63) is 39.2 Å². The Morgan fingerprint density at radius 3 is 3.00 bits per heavy atom. The SMILES string of the molecule is Cc1cscc1Cn1c(N)nc2cc(Cl)cnc21. The molecule has 3 aromatic rings. The van der Waals surface area contributed by atoms with Crippen molar-refractivity contribution in [2.24, 2.45) is 0 Å². The molecular weight excluding hydrogens is 268 g/mol. The molecule has 6 heteroatoms. The molecule has 0 aliphatic rings. The molecule has 3 rings (SSSR count). The van der Waals surface area contributed by atoms with Gasteiger partial charge in [0.1, 0.15) is 5.52 Å². The van der Waals surface area contributed by atoms with Gasteiger partial charge in [0.15, 0.2) is 5.65 Å². The number of nitrogens with zero attached hydrogens (tertiary/aromatic N) is 3. The summed E-state index contributed by atoms with van der Waals surface area (Å²) in [6.45, 7) is 2.78.